The Morgan fingerprint density at radius 3 is 1.40 bits per heavy atom. The highest BCUT2D eigenvalue weighted by Gasteiger charge is 2.06. The molecular formula is C20H14. The summed E-state index contributed by atoms with van der Waals surface area (Å²) in [6, 6.07) is 24.6. The first-order valence-electron chi connectivity index (χ1n) is 7.73. The second-order valence-electron chi connectivity index (χ2n) is 4.88. The van der Waals surface area contributed by atoms with Gasteiger partial charge >= 0.3 is 0 Å². The molecule has 0 heteroatoms. The molecule has 0 aliphatic heterocycles. The van der Waals surface area contributed by atoms with E-state index in [4.69, 9.17) is 2.74 Å². The molecule has 0 bridgehead atoms. The Bertz CT molecular complexity index is 920. The lowest BCUT2D eigenvalue weighted by molar-refractivity contribution is 1.68. The maximum absolute atomic E-state index is 8.38. The van der Waals surface area contributed by atoms with Crippen molar-refractivity contribution in [2.45, 2.75) is 0 Å². The van der Waals surface area contributed by atoms with Crippen molar-refractivity contribution in [1.82, 2.24) is 0 Å². The summed E-state index contributed by atoms with van der Waals surface area (Å²) >= 11 is 0. The third-order valence-corrected chi connectivity index (χ3v) is 3.69. The van der Waals surface area contributed by atoms with Gasteiger partial charge in [0.15, 0.2) is 0 Å². The maximum atomic E-state index is 8.38. The van der Waals surface area contributed by atoms with Crippen LogP contribution < -0.4 is 0 Å². The summed E-state index contributed by atoms with van der Waals surface area (Å²) in [5.74, 6) is 0. The summed E-state index contributed by atoms with van der Waals surface area (Å²) in [4.78, 5) is 0. The highest BCUT2D eigenvalue weighted by atomic mass is 14.1. The van der Waals surface area contributed by atoms with E-state index in [0.29, 0.717) is 12.1 Å². The third kappa shape index (κ3) is 1.70. The number of hydrogen-bond donors (Lipinski definition) is 0. The molecule has 0 N–H and O–H groups in total. The van der Waals surface area contributed by atoms with Crippen LogP contribution in [-0.4, -0.2) is 0 Å². The van der Waals surface area contributed by atoms with Crippen LogP contribution >= 0.6 is 0 Å². The normalized spacial score (nSPS) is 12.4. The van der Waals surface area contributed by atoms with Crippen molar-refractivity contribution in [1.29, 1.82) is 0 Å². The van der Waals surface area contributed by atoms with Crippen molar-refractivity contribution in [2.75, 3.05) is 0 Å². The predicted octanol–water partition coefficient (Wildman–Crippen LogP) is 5.66. The third-order valence-electron chi connectivity index (χ3n) is 3.69. The molecule has 94 valence electrons. The number of hydrogen-bond acceptors (Lipinski definition) is 0. The lowest BCUT2D eigenvalue weighted by atomic mass is 9.94. The van der Waals surface area contributed by atoms with Gasteiger partial charge in [-0.2, -0.15) is 0 Å². The van der Waals surface area contributed by atoms with E-state index in [0.717, 1.165) is 32.7 Å². The van der Waals surface area contributed by atoms with Crippen LogP contribution in [0.3, 0.4) is 0 Å². The zero-order valence-electron chi connectivity index (χ0n) is 12.9. The van der Waals surface area contributed by atoms with Crippen LogP contribution in [0.25, 0.3) is 32.7 Å². The van der Waals surface area contributed by atoms with Gasteiger partial charge in [0.2, 0.25) is 0 Å². The van der Waals surface area contributed by atoms with Gasteiger partial charge in [0, 0.05) is 0 Å². The van der Waals surface area contributed by atoms with Gasteiger partial charge in [-0.1, -0.05) is 84.9 Å². The quantitative estimate of drug-likeness (QED) is 0.413. The van der Waals surface area contributed by atoms with Crippen LogP contribution in [0.15, 0.2) is 84.9 Å². The standard InChI is InChI=1S/C20H14/c1-3-11-17-15(7-1)9-5-13-19(17)20-14-6-10-16-8-2-4-12-18(16)20/h1-14H/i13T,14T. The molecule has 0 atom stereocenters. The van der Waals surface area contributed by atoms with Gasteiger partial charge in [-0.05, 0) is 32.7 Å². The molecule has 0 aromatic heterocycles. The van der Waals surface area contributed by atoms with Crippen LogP contribution in [0, 0.1) is 0 Å². The van der Waals surface area contributed by atoms with Crippen molar-refractivity contribution >= 4 is 21.5 Å². The van der Waals surface area contributed by atoms with Gasteiger partial charge in [0.1, 0.15) is 0 Å². The van der Waals surface area contributed by atoms with Gasteiger partial charge in [-0.3, -0.25) is 0 Å². The minimum absolute atomic E-state index is 0.462. The average Bonchev–Trinajstić information content (AvgIpc) is 2.56. The van der Waals surface area contributed by atoms with Gasteiger partial charge in [0.25, 0.3) is 0 Å². The molecule has 0 aliphatic carbocycles. The fraction of sp³-hybridized carbons (Fsp3) is 0. The molecule has 0 aliphatic rings. The molecule has 4 rings (SSSR count). The lowest BCUT2D eigenvalue weighted by Crippen LogP contribution is -1.83. The number of fused-ring (bicyclic) bond motifs is 2. The van der Waals surface area contributed by atoms with E-state index >= 15 is 0 Å². The van der Waals surface area contributed by atoms with Crippen LogP contribution in [0.4, 0.5) is 0 Å². The lowest BCUT2D eigenvalue weighted by Gasteiger charge is -2.10. The highest BCUT2D eigenvalue weighted by molar-refractivity contribution is 6.05. The summed E-state index contributed by atoms with van der Waals surface area (Å²) in [6.45, 7) is 0. The molecule has 0 heterocycles. The molecule has 0 unspecified atom stereocenters. The maximum Gasteiger partial charge on any atom is 0.0629 e. The predicted molar refractivity (Wildman–Crippen MR) is 86.9 cm³/mol. The van der Waals surface area contributed by atoms with E-state index in [9.17, 15) is 0 Å². The second-order valence-corrected chi connectivity index (χ2v) is 4.88. The Morgan fingerprint density at radius 1 is 0.500 bits per heavy atom. The number of rotatable bonds is 1. The molecule has 20 heavy (non-hydrogen) atoms. The fourth-order valence-electron chi connectivity index (χ4n) is 2.74. The topological polar surface area (TPSA) is 0 Å². The van der Waals surface area contributed by atoms with Crippen LogP contribution in [-0.2, 0) is 0 Å². The number of benzene rings is 4. The van der Waals surface area contributed by atoms with E-state index in [1.54, 1.807) is 0 Å². The van der Waals surface area contributed by atoms with Crippen LogP contribution in [0.5, 0.6) is 0 Å². The Labute approximate surface area is 121 Å². The highest BCUT2D eigenvalue weighted by Crippen LogP contribution is 2.33. The first-order valence-corrected chi connectivity index (χ1v) is 6.73. The minimum Gasteiger partial charge on any atom is -0.0616 e. The average molecular weight is 258 g/mol. The van der Waals surface area contributed by atoms with Crippen molar-refractivity contribution in [2.24, 2.45) is 0 Å². The van der Waals surface area contributed by atoms with Crippen molar-refractivity contribution < 1.29 is 2.74 Å². The van der Waals surface area contributed by atoms with E-state index in [1.165, 1.54) is 0 Å². The zero-order valence-corrected chi connectivity index (χ0v) is 10.9. The van der Waals surface area contributed by atoms with E-state index in [1.807, 2.05) is 72.8 Å². The SMILES string of the molecule is [3H]c1ccc2ccccc2c1-c1c([3H])ccc2ccccc12. The largest absolute Gasteiger partial charge is 0.0629 e. The Kier molecular flexibility index (Phi) is 2.10. The zero-order chi connectivity index (χ0) is 15.1. The molecule has 0 fully saturated rings. The van der Waals surface area contributed by atoms with Gasteiger partial charge in [0.05, 0.1) is 2.74 Å². The molecular weight excluding hydrogens is 240 g/mol. The molecule has 4 aromatic carbocycles. The van der Waals surface area contributed by atoms with Crippen LogP contribution in [0.2, 0.25) is 0 Å². The van der Waals surface area contributed by atoms with Gasteiger partial charge in [-0.15, -0.1) is 0 Å². The monoisotopic (exact) mass is 258 g/mol. The summed E-state index contributed by atoms with van der Waals surface area (Å²) in [5, 5.41) is 4.25. The molecule has 0 spiro atoms. The molecule has 0 radical (unpaired) electrons. The fourth-order valence-corrected chi connectivity index (χ4v) is 2.74. The molecule has 0 amide bonds. The van der Waals surface area contributed by atoms with Crippen molar-refractivity contribution in [3.63, 3.8) is 0 Å². The molecule has 0 nitrogen and oxygen atoms in total. The molecule has 4 aromatic rings. The minimum atomic E-state index is 0.462. The summed E-state index contributed by atoms with van der Waals surface area (Å²) in [5.41, 5.74) is 1.69. The molecule has 0 saturated heterocycles. The second kappa shape index (κ2) is 4.50. The van der Waals surface area contributed by atoms with E-state index in [2.05, 4.69) is 0 Å². The Morgan fingerprint density at radius 2 is 0.900 bits per heavy atom. The van der Waals surface area contributed by atoms with E-state index in [-0.39, 0.29) is 0 Å². The summed E-state index contributed by atoms with van der Waals surface area (Å²) in [6.07, 6.45) is 0. The molecule has 0 saturated carbocycles. The Hall–Kier alpha value is -2.60. The first-order chi connectivity index (χ1) is 10.8. The smallest absolute Gasteiger partial charge is 0.0616 e. The van der Waals surface area contributed by atoms with Crippen LogP contribution in [0.1, 0.15) is 2.74 Å². The summed E-state index contributed by atoms with van der Waals surface area (Å²) in [7, 11) is 0. The van der Waals surface area contributed by atoms with Gasteiger partial charge < -0.3 is 0 Å². The summed E-state index contributed by atoms with van der Waals surface area (Å²) < 4.78 is 16.8. The Balaban J connectivity index is 2.21. The van der Waals surface area contributed by atoms with E-state index < -0.39 is 0 Å². The first kappa shape index (κ1) is 9.33. The van der Waals surface area contributed by atoms with Crippen molar-refractivity contribution in [3.8, 4) is 11.1 Å². The van der Waals surface area contributed by atoms with Gasteiger partial charge in [-0.25, -0.2) is 0 Å². The van der Waals surface area contributed by atoms with Crippen molar-refractivity contribution in [3.05, 3.63) is 84.9 Å².